The molecule has 1 unspecified atom stereocenters. The van der Waals surface area contributed by atoms with E-state index in [1.54, 1.807) is 12.4 Å². The summed E-state index contributed by atoms with van der Waals surface area (Å²) in [6.45, 7) is 7.08. The molecule has 100 valence electrons. The van der Waals surface area contributed by atoms with Crippen LogP contribution in [0.1, 0.15) is 37.0 Å². The monoisotopic (exact) mass is 250 g/mol. The Balaban J connectivity index is 2.01. The maximum absolute atomic E-state index is 12.4. The maximum Gasteiger partial charge on any atom is 0.257 e. The molecule has 1 aliphatic heterocycles. The minimum absolute atomic E-state index is 0.0734. The lowest BCUT2D eigenvalue weighted by molar-refractivity contribution is 0.0661. The minimum Gasteiger partial charge on any atom is -0.336 e. The minimum atomic E-state index is 0.0734. The molecule has 1 saturated heterocycles. The van der Waals surface area contributed by atoms with Gasteiger partial charge in [-0.25, -0.2) is 0 Å². The van der Waals surface area contributed by atoms with Crippen molar-refractivity contribution in [1.29, 1.82) is 0 Å². The molecule has 2 N–H and O–H groups in total. The number of aromatic amines is 1. The zero-order valence-electron chi connectivity index (χ0n) is 11.1. The van der Waals surface area contributed by atoms with Crippen LogP contribution in [-0.4, -0.2) is 46.7 Å². The predicted molar refractivity (Wildman–Crippen MR) is 70.4 cm³/mol. The van der Waals surface area contributed by atoms with Crippen molar-refractivity contribution in [2.45, 2.75) is 32.7 Å². The standard InChI is InChI=1S/C13H22N4O/c1-10(2)17(9-11-4-3-5-14-6-11)13(18)12-7-15-16-8-12/h7-8,10-11,14H,3-6,9H2,1-2H3,(H,15,16). The van der Waals surface area contributed by atoms with Gasteiger partial charge in [0.05, 0.1) is 11.8 Å². The van der Waals surface area contributed by atoms with Gasteiger partial charge >= 0.3 is 0 Å². The lowest BCUT2D eigenvalue weighted by Crippen LogP contribution is -2.44. The molecular weight excluding hydrogens is 228 g/mol. The molecule has 0 radical (unpaired) electrons. The summed E-state index contributed by atoms with van der Waals surface area (Å²) in [6, 6.07) is 0.217. The predicted octanol–water partition coefficient (Wildman–Crippen LogP) is 1.26. The van der Waals surface area contributed by atoms with Crippen molar-refractivity contribution in [3.63, 3.8) is 0 Å². The third-order valence-electron chi connectivity index (χ3n) is 3.48. The molecular formula is C13H22N4O. The first kappa shape index (κ1) is 13.1. The fourth-order valence-corrected chi connectivity index (χ4v) is 2.42. The SMILES string of the molecule is CC(C)N(CC1CCCNC1)C(=O)c1cn[nH]c1. The van der Waals surface area contributed by atoms with E-state index < -0.39 is 0 Å². The number of amides is 1. The number of piperidine rings is 1. The van der Waals surface area contributed by atoms with Gasteiger partial charge in [0.2, 0.25) is 0 Å². The number of carbonyl (C=O) groups excluding carboxylic acids is 1. The molecule has 0 aliphatic carbocycles. The zero-order chi connectivity index (χ0) is 13.0. The van der Waals surface area contributed by atoms with Crippen molar-refractivity contribution in [3.8, 4) is 0 Å². The van der Waals surface area contributed by atoms with Gasteiger partial charge in [-0.1, -0.05) is 0 Å². The fraction of sp³-hybridized carbons (Fsp3) is 0.692. The highest BCUT2D eigenvalue weighted by Crippen LogP contribution is 2.15. The van der Waals surface area contributed by atoms with Gasteiger partial charge in [-0.05, 0) is 45.7 Å². The van der Waals surface area contributed by atoms with Crippen molar-refractivity contribution in [3.05, 3.63) is 18.0 Å². The number of hydrogen-bond donors (Lipinski definition) is 2. The summed E-state index contributed by atoms with van der Waals surface area (Å²) in [5.74, 6) is 0.640. The Hall–Kier alpha value is -1.36. The third-order valence-corrected chi connectivity index (χ3v) is 3.48. The molecule has 1 atom stereocenters. The van der Waals surface area contributed by atoms with E-state index in [0.717, 1.165) is 19.6 Å². The summed E-state index contributed by atoms with van der Waals surface area (Å²) in [5.41, 5.74) is 0.646. The average molecular weight is 250 g/mol. The first-order valence-corrected chi connectivity index (χ1v) is 6.69. The second-order valence-corrected chi connectivity index (χ2v) is 5.25. The number of hydrogen-bond acceptors (Lipinski definition) is 3. The summed E-state index contributed by atoms with van der Waals surface area (Å²) in [7, 11) is 0. The molecule has 5 nitrogen and oxygen atoms in total. The van der Waals surface area contributed by atoms with Gasteiger partial charge in [0, 0.05) is 18.8 Å². The van der Waals surface area contributed by atoms with Crippen LogP contribution in [0.5, 0.6) is 0 Å². The van der Waals surface area contributed by atoms with E-state index in [-0.39, 0.29) is 11.9 Å². The van der Waals surface area contributed by atoms with Crippen LogP contribution in [0.15, 0.2) is 12.4 Å². The Morgan fingerprint density at radius 2 is 2.44 bits per heavy atom. The Bertz CT molecular complexity index is 368. The highest BCUT2D eigenvalue weighted by Gasteiger charge is 2.24. The lowest BCUT2D eigenvalue weighted by Gasteiger charge is -2.32. The topological polar surface area (TPSA) is 61.0 Å². The summed E-state index contributed by atoms with van der Waals surface area (Å²) < 4.78 is 0. The quantitative estimate of drug-likeness (QED) is 0.845. The van der Waals surface area contributed by atoms with Gasteiger partial charge < -0.3 is 10.2 Å². The molecule has 18 heavy (non-hydrogen) atoms. The molecule has 0 aromatic carbocycles. The van der Waals surface area contributed by atoms with Crippen LogP contribution in [0, 0.1) is 5.92 Å². The first-order chi connectivity index (χ1) is 8.68. The number of aromatic nitrogens is 2. The molecule has 0 spiro atoms. The van der Waals surface area contributed by atoms with Crippen molar-refractivity contribution < 1.29 is 4.79 Å². The second-order valence-electron chi connectivity index (χ2n) is 5.25. The van der Waals surface area contributed by atoms with E-state index in [1.807, 2.05) is 4.90 Å². The van der Waals surface area contributed by atoms with Crippen LogP contribution in [0.25, 0.3) is 0 Å². The largest absolute Gasteiger partial charge is 0.336 e. The fourth-order valence-electron chi connectivity index (χ4n) is 2.42. The average Bonchev–Trinajstić information content (AvgIpc) is 2.90. The molecule has 5 heteroatoms. The van der Waals surface area contributed by atoms with Crippen molar-refractivity contribution >= 4 is 5.91 Å². The number of rotatable bonds is 4. The van der Waals surface area contributed by atoms with E-state index in [4.69, 9.17) is 0 Å². The normalized spacial score (nSPS) is 20.1. The van der Waals surface area contributed by atoms with Crippen LogP contribution >= 0.6 is 0 Å². The van der Waals surface area contributed by atoms with Crippen molar-refractivity contribution in [2.75, 3.05) is 19.6 Å². The summed E-state index contributed by atoms with van der Waals surface area (Å²) in [6.07, 6.45) is 5.67. The molecule has 0 bridgehead atoms. The number of nitrogens with one attached hydrogen (secondary N) is 2. The molecule has 1 fully saturated rings. The number of carbonyl (C=O) groups is 1. The molecule has 0 saturated carbocycles. The molecule has 1 amide bonds. The molecule has 1 aromatic heterocycles. The van der Waals surface area contributed by atoms with Crippen LogP contribution in [0.2, 0.25) is 0 Å². The van der Waals surface area contributed by atoms with Crippen molar-refractivity contribution in [1.82, 2.24) is 20.4 Å². The van der Waals surface area contributed by atoms with Gasteiger partial charge in [0.1, 0.15) is 0 Å². The summed E-state index contributed by atoms with van der Waals surface area (Å²) >= 11 is 0. The highest BCUT2D eigenvalue weighted by molar-refractivity contribution is 5.93. The Morgan fingerprint density at radius 3 is 3.00 bits per heavy atom. The van der Waals surface area contributed by atoms with Crippen LogP contribution in [-0.2, 0) is 0 Å². The van der Waals surface area contributed by atoms with Crippen LogP contribution in [0.3, 0.4) is 0 Å². The third kappa shape index (κ3) is 3.10. The highest BCUT2D eigenvalue weighted by atomic mass is 16.2. The van der Waals surface area contributed by atoms with E-state index in [9.17, 15) is 4.79 Å². The van der Waals surface area contributed by atoms with Crippen LogP contribution < -0.4 is 5.32 Å². The van der Waals surface area contributed by atoms with Gasteiger partial charge in [-0.3, -0.25) is 9.89 Å². The molecule has 2 rings (SSSR count). The molecule has 2 heterocycles. The summed E-state index contributed by atoms with van der Waals surface area (Å²) in [4.78, 5) is 14.3. The lowest BCUT2D eigenvalue weighted by atomic mass is 9.98. The maximum atomic E-state index is 12.4. The van der Waals surface area contributed by atoms with E-state index in [0.29, 0.717) is 11.5 Å². The van der Waals surface area contributed by atoms with Gasteiger partial charge in [-0.15, -0.1) is 0 Å². The molecule has 1 aromatic rings. The zero-order valence-corrected chi connectivity index (χ0v) is 11.1. The Kier molecular flexibility index (Phi) is 4.36. The van der Waals surface area contributed by atoms with Crippen molar-refractivity contribution in [2.24, 2.45) is 5.92 Å². The first-order valence-electron chi connectivity index (χ1n) is 6.69. The number of nitrogens with zero attached hydrogens (tertiary/aromatic N) is 2. The van der Waals surface area contributed by atoms with Crippen LogP contribution in [0.4, 0.5) is 0 Å². The van der Waals surface area contributed by atoms with Gasteiger partial charge in [0.25, 0.3) is 5.91 Å². The Labute approximate surface area is 108 Å². The smallest absolute Gasteiger partial charge is 0.257 e. The number of H-pyrrole nitrogens is 1. The van der Waals surface area contributed by atoms with E-state index in [2.05, 4.69) is 29.4 Å². The van der Waals surface area contributed by atoms with E-state index in [1.165, 1.54) is 12.8 Å². The second kappa shape index (κ2) is 6.00. The van der Waals surface area contributed by atoms with Gasteiger partial charge in [0.15, 0.2) is 0 Å². The van der Waals surface area contributed by atoms with Gasteiger partial charge in [-0.2, -0.15) is 5.10 Å². The Morgan fingerprint density at radius 1 is 1.61 bits per heavy atom. The summed E-state index contributed by atoms with van der Waals surface area (Å²) in [5, 5.41) is 9.94. The molecule has 1 aliphatic rings. The van der Waals surface area contributed by atoms with E-state index >= 15 is 0 Å².